The molecule has 2 rings (SSSR count). The van der Waals surface area contributed by atoms with Crippen LogP contribution >= 0.6 is 23.1 Å². The van der Waals surface area contributed by atoms with Gasteiger partial charge in [0.25, 0.3) is 0 Å². The quantitative estimate of drug-likeness (QED) is 0.688. The molecule has 1 aromatic rings. The normalized spacial score (nSPS) is 19.2. The van der Waals surface area contributed by atoms with E-state index in [1.165, 1.54) is 4.88 Å². The maximum absolute atomic E-state index is 4.45. The van der Waals surface area contributed by atoms with E-state index in [0.29, 0.717) is 4.75 Å². The third-order valence-corrected chi connectivity index (χ3v) is 5.72. The van der Waals surface area contributed by atoms with Gasteiger partial charge in [0.15, 0.2) is 5.96 Å². The summed E-state index contributed by atoms with van der Waals surface area (Å²) in [5, 5.41) is 4.58. The summed E-state index contributed by atoms with van der Waals surface area (Å²) >= 11 is 3.82. The van der Waals surface area contributed by atoms with Crippen molar-refractivity contribution < 1.29 is 0 Å². The van der Waals surface area contributed by atoms with Crippen LogP contribution < -0.4 is 5.32 Å². The number of aryl methyl sites for hydroxylation is 1. The molecule has 0 aromatic carbocycles. The average molecular weight is 313 g/mol. The first kappa shape index (κ1) is 15.6. The summed E-state index contributed by atoms with van der Waals surface area (Å²) in [7, 11) is 1.86. The first-order chi connectivity index (χ1) is 9.54. The predicted octanol–water partition coefficient (Wildman–Crippen LogP) is 2.61. The van der Waals surface area contributed by atoms with E-state index in [2.05, 4.69) is 41.0 Å². The minimum Gasteiger partial charge on any atom is -0.350 e. The minimum atomic E-state index is 0.298. The second kappa shape index (κ2) is 6.80. The van der Waals surface area contributed by atoms with Crippen molar-refractivity contribution in [1.82, 2.24) is 15.2 Å². The third-order valence-electron chi connectivity index (χ3n) is 3.28. The van der Waals surface area contributed by atoms with Crippen molar-refractivity contribution in [3.63, 3.8) is 0 Å². The largest absolute Gasteiger partial charge is 0.350 e. The highest BCUT2D eigenvalue weighted by Crippen LogP contribution is 2.29. The number of thioether (sulfide) groups is 1. The van der Waals surface area contributed by atoms with Crippen molar-refractivity contribution in [1.29, 1.82) is 0 Å². The molecule has 0 spiro atoms. The van der Waals surface area contributed by atoms with Crippen LogP contribution in [0.2, 0.25) is 0 Å². The molecule has 4 nitrogen and oxygen atoms in total. The zero-order valence-electron chi connectivity index (χ0n) is 12.8. The third kappa shape index (κ3) is 4.12. The van der Waals surface area contributed by atoms with Crippen LogP contribution in [0.4, 0.5) is 0 Å². The minimum absolute atomic E-state index is 0.298. The van der Waals surface area contributed by atoms with Gasteiger partial charge in [0.05, 0.1) is 6.54 Å². The maximum atomic E-state index is 4.45. The summed E-state index contributed by atoms with van der Waals surface area (Å²) in [6, 6.07) is 0. The molecule has 112 valence electrons. The van der Waals surface area contributed by atoms with E-state index in [0.717, 1.165) is 42.8 Å². The Balaban J connectivity index is 1.92. The molecule has 20 heavy (non-hydrogen) atoms. The van der Waals surface area contributed by atoms with Gasteiger partial charge in [-0.15, -0.1) is 11.3 Å². The first-order valence-electron chi connectivity index (χ1n) is 7.07. The molecule has 1 saturated heterocycles. The molecule has 0 bridgehead atoms. The molecule has 0 unspecified atom stereocenters. The Labute approximate surface area is 130 Å². The second-order valence-corrected chi connectivity index (χ2v) is 8.51. The van der Waals surface area contributed by atoms with Gasteiger partial charge < -0.3 is 10.2 Å². The van der Waals surface area contributed by atoms with Gasteiger partial charge in [0.2, 0.25) is 0 Å². The SMILES string of the molecule is CCc1cnc(CNC(=NC)N2CCSC(C)(C)C2)s1. The number of nitrogens with one attached hydrogen (secondary N) is 1. The van der Waals surface area contributed by atoms with Crippen LogP contribution in [0, 0.1) is 0 Å². The Morgan fingerprint density at radius 1 is 1.55 bits per heavy atom. The van der Waals surface area contributed by atoms with Gasteiger partial charge in [-0.3, -0.25) is 4.99 Å². The van der Waals surface area contributed by atoms with Crippen LogP contribution in [0.15, 0.2) is 11.2 Å². The average Bonchev–Trinajstić information content (AvgIpc) is 2.86. The Hall–Kier alpha value is -0.750. The van der Waals surface area contributed by atoms with Crippen molar-refractivity contribution in [2.45, 2.75) is 38.5 Å². The van der Waals surface area contributed by atoms with E-state index in [1.807, 2.05) is 25.0 Å². The smallest absolute Gasteiger partial charge is 0.194 e. The summed E-state index contributed by atoms with van der Waals surface area (Å²) in [6.45, 7) is 9.62. The van der Waals surface area contributed by atoms with Gasteiger partial charge in [-0.25, -0.2) is 4.98 Å². The lowest BCUT2D eigenvalue weighted by atomic mass is 10.2. The predicted molar refractivity (Wildman–Crippen MR) is 89.8 cm³/mol. The molecule has 2 heterocycles. The number of thiazole rings is 1. The summed E-state index contributed by atoms with van der Waals surface area (Å²) in [5.74, 6) is 2.15. The monoisotopic (exact) mass is 312 g/mol. The van der Waals surface area contributed by atoms with Gasteiger partial charge in [-0.05, 0) is 20.3 Å². The fourth-order valence-corrected chi connectivity index (χ4v) is 4.19. The molecule has 1 aliphatic rings. The Bertz CT molecular complexity index is 467. The Kier molecular flexibility index (Phi) is 5.32. The van der Waals surface area contributed by atoms with Crippen LogP contribution in [0.25, 0.3) is 0 Å². The number of guanidine groups is 1. The van der Waals surface area contributed by atoms with E-state index in [4.69, 9.17) is 0 Å². The van der Waals surface area contributed by atoms with Crippen LogP contribution in [-0.2, 0) is 13.0 Å². The highest BCUT2D eigenvalue weighted by Gasteiger charge is 2.28. The van der Waals surface area contributed by atoms with Gasteiger partial charge in [-0.2, -0.15) is 11.8 Å². The number of hydrogen-bond donors (Lipinski definition) is 1. The van der Waals surface area contributed by atoms with E-state index in [1.54, 1.807) is 11.3 Å². The highest BCUT2D eigenvalue weighted by molar-refractivity contribution is 8.00. The van der Waals surface area contributed by atoms with Gasteiger partial charge in [0.1, 0.15) is 5.01 Å². The summed E-state index contributed by atoms with van der Waals surface area (Å²) < 4.78 is 0.298. The van der Waals surface area contributed by atoms with E-state index in [9.17, 15) is 0 Å². The lowest BCUT2D eigenvalue weighted by Gasteiger charge is -2.39. The fourth-order valence-electron chi connectivity index (χ4n) is 2.28. The fraction of sp³-hybridized carbons (Fsp3) is 0.714. The Morgan fingerprint density at radius 2 is 2.35 bits per heavy atom. The molecule has 1 aliphatic heterocycles. The van der Waals surface area contributed by atoms with Crippen molar-refractivity contribution in [2.75, 3.05) is 25.9 Å². The molecule has 1 N–H and O–H groups in total. The van der Waals surface area contributed by atoms with Crippen molar-refractivity contribution in [2.24, 2.45) is 4.99 Å². The molecule has 0 radical (unpaired) electrons. The van der Waals surface area contributed by atoms with Crippen LogP contribution in [-0.4, -0.2) is 46.5 Å². The summed E-state index contributed by atoms with van der Waals surface area (Å²) in [4.78, 5) is 12.6. The van der Waals surface area contributed by atoms with E-state index in [-0.39, 0.29) is 0 Å². The molecule has 0 aliphatic carbocycles. The number of nitrogens with zero attached hydrogens (tertiary/aromatic N) is 3. The van der Waals surface area contributed by atoms with Crippen LogP contribution in [0.1, 0.15) is 30.7 Å². The topological polar surface area (TPSA) is 40.5 Å². The van der Waals surface area contributed by atoms with E-state index >= 15 is 0 Å². The zero-order valence-corrected chi connectivity index (χ0v) is 14.4. The molecule has 1 aromatic heterocycles. The van der Waals surface area contributed by atoms with Gasteiger partial charge >= 0.3 is 0 Å². The lowest BCUT2D eigenvalue weighted by Crippen LogP contribution is -2.50. The van der Waals surface area contributed by atoms with Crippen LogP contribution in [0.3, 0.4) is 0 Å². The highest BCUT2D eigenvalue weighted by atomic mass is 32.2. The zero-order chi connectivity index (χ0) is 14.6. The Morgan fingerprint density at radius 3 is 2.95 bits per heavy atom. The van der Waals surface area contributed by atoms with Crippen molar-refractivity contribution >= 4 is 29.1 Å². The number of aliphatic imine (C=N–C) groups is 1. The van der Waals surface area contributed by atoms with Gasteiger partial charge in [0, 0.05) is 41.7 Å². The molecular weight excluding hydrogens is 288 g/mol. The van der Waals surface area contributed by atoms with Gasteiger partial charge in [-0.1, -0.05) is 6.92 Å². The molecule has 6 heteroatoms. The number of rotatable bonds is 3. The first-order valence-corrected chi connectivity index (χ1v) is 8.87. The molecule has 0 atom stereocenters. The van der Waals surface area contributed by atoms with Crippen LogP contribution in [0.5, 0.6) is 0 Å². The molecular formula is C14H24N4S2. The summed E-state index contributed by atoms with van der Waals surface area (Å²) in [6.07, 6.45) is 3.04. The van der Waals surface area contributed by atoms with Crippen molar-refractivity contribution in [3.05, 3.63) is 16.1 Å². The standard InChI is InChI=1S/C14H24N4S2/c1-5-11-8-16-12(20-11)9-17-13(15-4)18-6-7-19-14(2,3)10-18/h8H,5-7,9-10H2,1-4H3,(H,15,17). The van der Waals surface area contributed by atoms with Crippen molar-refractivity contribution in [3.8, 4) is 0 Å². The molecule has 1 fully saturated rings. The molecule has 0 amide bonds. The van der Waals surface area contributed by atoms with E-state index < -0.39 is 0 Å². The lowest BCUT2D eigenvalue weighted by molar-refractivity contribution is 0.375. The summed E-state index contributed by atoms with van der Waals surface area (Å²) in [5.41, 5.74) is 0. The number of aromatic nitrogens is 1. The second-order valence-electron chi connectivity index (χ2n) is 5.50. The number of hydrogen-bond acceptors (Lipinski definition) is 4. The molecule has 0 saturated carbocycles. The maximum Gasteiger partial charge on any atom is 0.194 e.